The Balaban J connectivity index is 1.29. The van der Waals surface area contributed by atoms with E-state index >= 15 is 0 Å². The first-order valence-electron chi connectivity index (χ1n) is 13.3. The molecule has 0 aromatic heterocycles. The highest BCUT2D eigenvalue weighted by Gasteiger charge is 2.25. The molecule has 2 aliphatic rings. The number of hydrogen-bond donors (Lipinski definition) is 0. The second-order valence-corrected chi connectivity index (χ2v) is 10.2. The monoisotopic (exact) mass is 428 g/mol. The zero-order valence-corrected chi connectivity index (χ0v) is 19.9. The molecule has 0 N–H and O–H groups in total. The quantitative estimate of drug-likeness (QED) is 0.301. The number of hydrogen-bond acceptors (Lipinski definition) is 1. The first-order valence-corrected chi connectivity index (χ1v) is 13.3. The predicted octanol–water partition coefficient (Wildman–Crippen LogP) is 9.38. The first kappa shape index (κ1) is 24.3. The van der Waals surface area contributed by atoms with E-state index in [1.54, 1.807) is 6.08 Å². The summed E-state index contributed by atoms with van der Waals surface area (Å²) < 4.78 is 18.0. The third kappa shape index (κ3) is 8.62. The zero-order valence-electron chi connectivity index (χ0n) is 19.9. The molecule has 3 rings (SSSR count). The molecule has 0 aliphatic heterocycles. The van der Waals surface area contributed by atoms with E-state index in [4.69, 9.17) is 4.74 Å². The molecule has 1 aromatic rings. The van der Waals surface area contributed by atoms with Gasteiger partial charge in [-0.15, -0.1) is 0 Å². The number of ether oxygens (including phenoxy) is 1. The third-order valence-electron chi connectivity index (χ3n) is 8.00. The predicted molar refractivity (Wildman–Crippen MR) is 130 cm³/mol. The summed E-state index contributed by atoms with van der Waals surface area (Å²) in [5.74, 6) is 4.53. The van der Waals surface area contributed by atoms with Crippen LogP contribution in [-0.2, 0) is 0 Å². The van der Waals surface area contributed by atoms with Gasteiger partial charge in [0, 0.05) is 0 Å². The van der Waals surface area contributed by atoms with Crippen LogP contribution < -0.4 is 4.74 Å². The van der Waals surface area contributed by atoms with Gasteiger partial charge in [-0.3, -0.25) is 0 Å². The summed E-state index contributed by atoms with van der Waals surface area (Å²) >= 11 is 0. The molecule has 1 aromatic carbocycles. The van der Waals surface area contributed by atoms with Crippen molar-refractivity contribution in [3.63, 3.8) is 0 Å². The van der Waals surface area contributed by atoms with Crippen molar-refractivity contribution in [1.82, 2.24) is 0 Å². The molecule has 0 amide bonds. The van der Waals surface area contributed by atoms with Crippen molar-refractivity contribution in [3.8, 4) is 5.75 Å². The first-order chi connectivity index (χ1) is 15.3. The van der Waals surface area contributed by atoms with Crippen molar-refractivity contribution >= 4 is 0 Å². The lowest BCUT2D eigenvalue weighted by molar-refractivity contribution is 0.225. The highest BCUT2D eigenvalue weighted by molar-refractivity contribution is 5.29. The van der Waals surface area contributed by atoms with E-state index in [9.17, 15) is 4.39 Å². The molecule has 31 heavy (non-hydrogen) atoms. The maximum absolute atomic E-state index is 12.1. The molecule has 0 unspecified atom stereocenters. The van der Waals surface area contributed by atoms with E-state index < -0.39 is 0 Å². The lowest BCUT2D eigenvalue weighted by Crippen LogP contribution is -2.17. The van der Waals surface area contributed by atoms with Gasteiger partial charge in [0.25, 0.3) is 0 Å². The summed E-state index contributed by atoms with van der Waals surface area (Å²) in [6.45, 7) is 3.07. The molecule has 2 saturated carbocycles. The molecule has 0 atom stereocenters. The summed E-state index contributed by atoms with van der Waals surface area (Å²) in [6.07, 6.45) is 22.1. The Morgan fingerprint density at radius 1 is 0.806 bits per heavy atom. The van der Waals surface area contributed by atoms with E-state index in [2.05, 4.69) is 31.2 Å². The van der Waals surface area contributed by atoms with Crippen LogP contribution in [-0.4, -0.2) is 6.61 Å². The molecular weight excluding hydrogens is 383 g/mol. The fourth-order valence-corrected chi connectivity index (χ4v) is 5.84. The van der Waals surface area contributed by atoms with Crippen molar-refractivity contribution in [2.45, 2.75) is 109 Å². The van der Waals surface area contributed by atoms with Gasteiger partial charge < -0.3 is 4.74 Å². The van der Waals surface area contributed by atoms with Gasteiger partial charge in [-0.25, -0.2) is 4.39 Å². The minimum absolute atomic E-state index is 0.708. The van der Waals surface area contributed by atoms with Crippen LogP contribution in [0.5, 0.6) is 5.75 Å². The van der Waals surface area contributed by atoms with Gasteiger partial charge in [0.2, 0.25) is 0 Å². The van der Waals surface area contributed by atoms with E-state index in [0.717, 1.165) is 48.9 Å². The van der Waals surface area contributed by atoms with Gasteiger partial charge in [0.05, 0.1) is 12.9 Å². The van der Waals surface area contributed by atoms with Crippen LogP contribution in [0.1, 0.15) is 115 Å². The van der Waals surface area contributed by atoms with E-state index in [0.29, 0.717) is 6.33 Å². The standard InChI is InChI=1S/C29H45FO/c1-2-3-6-23-31-29-20-18-28(19-21-29)27-16-14-26(15-17-27)13-12-25-10-8-24(9-11-25)7-4-5-22-30/h5,18-22,24-27H,2-4,6-17,23H2,1H3/t24-,25-,26-,27-. The molecule has 0 spiro atoms. The Morgan fingerprint density at radius 3 is 1.97 bits per heavy atom. The Bertz CT molecular complexity index is 606. The highest BCUT2D eigenvalue weighted by Crippen LogP contribution is 2.40. The number of allylic oxidation sites excluding steroid dienone is 1. The molecule has 2 aliphatic carbocycles. The van der Waals surface area contributed by atoms with Crippen LogP contribution >= 0.6 is 0 Å². The molecule has 0 radical (unpaired) electrons. The third-order valence-corrected chi connectivity index (χ3v) is 8.00. The molecule has 0 heterocycles. The molecule has 2 fully saturated rings. The molecular formula is C29H45FO. The minimum Gasteiger partial charge on any atom is -0.494 e. The van der Waals surface area contributed by atoms with E-state index in [1.165, 1.54) is 89.0 Å². The number of unbranched alkanes of at least 4 members (excludes halogenated alkanes) is 2. The summed E-state index contributed by atoms with van der Waals surface area (Å²) in [7, 11) is 0. The molecule has 0 saturated heterocycles. The Labute approximate surface area is 190 Å². The second kappa shape index (κ2) is 14.0. The van der Waals surface area contributed by atoms with Crippen LogP contribution in [0.4, 0.5) is 4.39 Å². The van der Waals surface area contributed by atoms with Crippen LogP contribution in [0.15, 0.2) is 36.7 Å². The van der Waals surface area contributed by atoms with Gasteiger partial charge in [-0.05, 0) is 86.3 Å². The average Bonchev–Trinajstić information content (AvgIpc) is 2.82. The van der Waals surface area contributed by atoms with Crippen molar-refractivity contribution in [2.75, 3.05) is 6.61 Å². The normalized spacial score (nSPS) is 26.9. The number of benzene rings is 1. The Morgan fingerprint density at radius 2 is 1.39 bits per heavy atom. The lowest BCUT2D eigenvalue weighted by Gasteiger charge is -2.32. The molecule has 2 heteroatoms. The summed E-state index contributed by atoms with van der Waals surface area (Å²) in [6, 6.07) is 8.97. The topological polar surface area (TPSA) is 9.23 Å². The number of rotatable bonds is 12. The fourth-order valence-electron chi connectivity index (χ4n) is 5.84. The second-order valence-electron chi connectivity index (χ2n) is 10.2. The van der Waals surface area contributed by atoms with Crippen LogP contribution in [0.25, 0.3) is 0 Å². The highest BCUT2D eigenvalue weighted by atomic mass is 19.1. The largest absolute Gasteiger partial charge is 0.494 e. The SMILES string of the molecule is CCCCCOc1ccc([C@H]2CC[C@H](CC[C@H]3CC[C@H](CCC=CF)CC3)CC2)cc1. The number of halogens is 1. The smallest absolute Gasteiger partial charge is 0.119 e. The maximum atomic E-state index is 12.1. The van der Waals surface area contributed by atoms with Crippen LogP contribution in [0, 0.1) is 17.8 Å². The summed E-state index contributed by atoms with van der Waals surface area (Å²) in [5.41, 5.74) is 1.51. The van der Waals surface area contributed by atoms with E-state index in [-0.39, 0.29) is 0 Å². The average molecular weight is 429 g/mol. The minimum atomic E-state index is 0.708. The zero-order chi connectivity index (χ0) is 21.7. The summed E-state index contributed by atoms with van der Waals surface area (Å²) in [5, 5.41) is 0. The lowest BCUT2D eigenvalue weighted by atomic mass is 9.74. The van der Waals surface area contributed by atoms with Crippen molar-refractivity contribution < 1.29 is 9.13 Å². The Hall–Kier alpha value is -1.31. The van der Waals surface area contributed by atoms with Gasteiger partial charge in [0.15, 0.2) is 0 Å². The van der Waals surface area contributed by atoms with Crippen LogP contribution in [0.2, 0.25) is 0 Å². The van der Waals surface area contributed by atoms with Crippen LogP contribution in [0.3, 0.4) is 0 Å². The van der Waals surface area contributed by atoms with Gasteiger partial charge >= 0.3 is 0 Å². The molecule has 174 valence electrons. The van der Waals surface area contributed by atoms with Gasteiger partial charge in [-0.2, -0.15) is 0 Å². The molecule has 1 nitrogen and oxygen atoms in total. The van der Waals surface area contributed by atoms with Gasteiger partial charge in [-0.1, -0.05) is 76.5 Å². The van der Waals surface area contributed by atoms with Crippen molar-refractivity contribution in [2.24, 2.45) is 17.8 Å². The Kier molecular flexibility index (Phi) is 11.0. The van der Waals surface area contributed by atoms with Crippen molar-refractivity contribution in [1.29, 1.82) is 0 Å². The fraction of sp³-hybridized carbons (Fsp3) is 0.724. The van der Waals surface area contributed by atoms with Crippen molar-refractivity contribution in [3.05, 3.63) is 42.2 Å². The molecule has 0 bridgehead atoms. The summed E-state index contributed by atoms with van der Waals surface area (Å²) in [4.78, 5) is 0. The maximum Gasteiger partial charge on any atom is 0.119 e. The van der Waals surface area contributed by atoms with Gasteiger partial charge in [0.1, 0.15) is 5.75 Å². The van der Waals surface area contributed by atoms with E-state index in [1.807, 2.05) is 0 Å².